The van der Waals surface area contributed by atoms with Gasteiger partial charge >= 0.3 is 5.97 Å². The molecule has 1 aromatic rings. The summed E-state index contributed by atoms with van der Waals surface area (Å²) in [5, 5.41) is 28.1. The van der Waals surface area contributed by atoms with Crippen LogP contribution < -0.4 is 4.89 Å². The number of thioether (sulfide) groups is 2. The number of hydrogen-bond acceptors (Lipinski definition) is 9. The van der Waals surface area contributed by atoms with E-state index in [0.29, 0.717) is 25.3 Å². The summed E-state index contributed by atoms with van der Waals surface area (Å²) >= 11 is 2.28. The fraction of sp³-hybridized carbons (Fsp3) is 0.188. The van der Waals surface area contributed by atoms with Gasteiger partial charge in [0.2, 0.25) is 0 Å². The summed E-state index contributed by atoms with van der Waals surface area (Å²) < 4.78 is 5.22. The first-order chi connectivity index (χ1) is 12.0. The minimum atomic E-state index is -0.562. The number of carbonyl (C=O) groups is 1. The number of allylic oxidation sites excluding steroid dienone is 1. The summed E-state index contributed by atoms with van der Waals surface area (Å²) in [4.78, 5) is 22.3. The molecule has 128 valence electrons. The Balaban J connectivity index is 2.15. The van der Waals surface area contributed by atoms with Crippen molar-refractivity contribution in [2.45, 2.75) is 16.7 Å². The number of nitrogens with zero attached hydrogens (tertiary/aromatic N) is 2. The molecule has 1 aromatic carbocycles. The smallest absolute Gasteiger partial charge is 0.330 e. The number of aryl methyl sites for hydroxylation is 1. The Bertz CT molecular complexity index is 820. The molecular weight excluding hydrogens is 364 g/mol. The lowest BCUT2D eigenvalue weighted by molar-refractivity contribution is -0.217. The highest BCUT2D eigenvalue weighted by Gasteiger charge is 2.29. The molecule has 0 aliphatic carbocycles. The fourth-order valence-corrected chi connectivity index (χ4v) is 4.30. The molecular formula is C16H12N2O5S2. The Kier molecular flexibility index (Phi) is 6.37. The Labute approximate surface area is 152 Å². The van der Waals surface area contributed by atoms with Gasteiger partial charge in [0.1, 0.15) is 36.7 Å². The zero-order valence-electron chi connectivity index (χ0n) is 13.1. The van der Waals surface area contributed by atoms with E-state index in [4.69, 9.17) is 25.0 Å². The normalized spacial score (nSPS) is 11.9. The number of aromatic hydroxyl groups is 1. The molecule has 0 bridgehead atoms. The van der Waals surface area contributed by atoms with Crippen LogP contribution in [0.1, 0.15) is 5.56 Å². The number of phenols is 1. The lowest BCUT2D eigenvalue weighted by atomic mass is 10.2. The van der Waals surface area contributed by atoms with Crippen LogP contribution in [0.25, 0.3) is 0 Å². The SMILES string of the molecule is C=CC(=O)OCCOOc1c(C)cc(O)c2c1SC(=C(C#N)C#N)S2. The maximum Gasteiger partial charge on any atom is 0.330 e. The summed E-state index contributed by atoms with van der Waals surface area (Å²) in [6, 6.07) is 5.15. The maximum absolute atomic E-state index is 10.9. The van der Waals surface area contributed by atoms with Gasteiger partial charge in [-0.1, -0.05) is 30.1 Å². The number of esters is 1. The van der Waals surface area contributed by atoms with Gasteiger partial charge in [0.25, 0.3) is 0 Å². The van der Waals surface area contributed by atoms with E-state index in [1.54, 1.807) is 6.92 Å². The largest absolute Gasteiger partial charge is 0.507 e. The predicted molar refractivity (Wildman–Crippen MR) is 90.5 cm³/mol. The van der Waals surface area contributed by atoms with Crippen molar-refractivity contribution in [2.75, 3.05) is 13.2 Å². The molecule has 1 N–H and O–H groups in total. The van der Waals surface area contributed by atoms with Crippen LogP contribution in [0.5, 0.6) is 11.5 Å². The highest BCUT2D eigenvalue weighted by atomic mass is 32.2. The topological polar surface area (TPSA) is 113 Å². The maximum atomic E-state index is 10.9. The number of benzene rings is 1. The van der Waals surface area contributed by atoms with Crippen LogP contribution in [0.15, 0.2) is 38.3 Å². The van der Waals surface area contributed by atoms with Gasteiger partial charge in [0, 0.05) is 11.6 Å². The van der Waals surface area contributed by atoms with Crippen molar-refractivity contribution in [1.82, 2.24) is 0 Å². The van der Waals surface area contributed by atoms with Crippen LogP contribution >= 0.6 is 23.5 Å². The van der Waals surface area contributed by atoms with Crippen LogP contribution in [-0.4, -0.2) is 24.3 Å². The number of phenolic OH excluding ortho intramolecular Hbond substituents is 1. The molecule has 9 heteroatoms. The second-order valence-corrected chi connectivity index (χ2v) is 6.87. The first kappa shape index (κ1) is 18.7. The first-order valence-corrected chi connectivity index (χ1v) is 8.50. The van der Waals surface area contributed by atoms with E-state index >= 15 is 0 Å². The van der Waals surface area contributed by atoms with Crippen LogP contribution in [0.4, 0.5) is 0 Å². The van der Waals surface area contributed by atoms with Crippen molar-refractivity contribution in [3.8, 4) is 23.6 Å². The van der Waals surface area contributed by atoms with Crippen molar-refractivity contribution >= 4 is 29.5 Å². The molecule has 0 aromatic heterocycles. The van der Waals surface area contributed by atoms with Crippen LogP contribution in [0, 0.1) is 29.6 Å². The molecule has 25 heavy (non-hydrogen) atoms. The molecule has 2 rings (SSSR count). The summed E-state index contributed by atoms with van der Waals surface area (Å²) in [5.74, 6) is -0.166. The Morgan fingerprint density at radius 1 is 1.32 bits per heavy atom. The van der Waals surface area contributed by atoms with Gasteiger partial charge in [-0.2, -0.15) is 15.4 Å². The molecule has 1 aliphatic heterocycles. The number of nitriles is 2. The van der Waals surface area contributed by atoms with Crippen LogP contribution in [0.2, 0.25) is 0 Å². The summed E-state index contributed by atoms with van der Waals surface area (Å²) in [6.07, 6.45) is 1.04. The van der Waals surface area contributed by atoms with Crippen molar-refractivity contribution in [1.29, 1.82) is 10.5 Å². The highest BCUT2D eigenvalue weighted by molar-refractivity contribution is 8.24. The molecule has 0 saturated carbocycles. The molecule has 0 radical (unpaired) electrons. The zero-order chi connectivity index (χ0) is 18.4. The standard InChI is InChI=1S/C16H12N2O5S2/c1-3-12(20)21-4-5-22-23-13-9(2)6-11(19)14-15(13)25-16(24-14)10(7-17)8-18/h3,6,19H,1,4-5H2,2H3. The quantitative estimate of drug-likeness (QED) is 0.200. The zero-order valence-corrected chi connectivity index (χ0v) is 14.7. The average Bonchev–Trinajstić information content (AvgIpc) is 3.03. The third kappa shape index (κ3) is 4.28. The lowest BCUT2D eigenvalue weighted by Crippen LogP contribution is -2.10. The van der Waals surface area contributed by atoms with Gasteiger partial charge < -0.3 is 14.7 Å². The Morgan fingerprint density at radius 3 is 2.64 bits per heavy atom. The second-order valence-electron chi connectivity index (χ2n) is 4.57. The Hall–Kier alpha value is -2.59. The summed E-state index contributed by atoms with van der Waals surface area (Å²) in [6.45, 7) is 4.98. The number of hydrogen-bond donors (Lipinski definition) is 1. The molecule has 0 saturated heterocycles. The molecule has 1 aliphatic rings. The summed E-state index contributed by atoms with van der Waals surface area (Å²) in [5.41, 5.74) is 0.579. The van der Waals surface area contributed by atoms with Gasteiger partial charge in [-0.05, 0) is 13.0 Å². The van der Waals surface area contributed by atoms with Gasteiger partial charge in [0.05, 0.1) is 14.0 Å². The molecule has 0 unspecified atom stereocenters. The molecule has 1 heterocycles. The predicted octanol–water partition coefficient (Wildman–Crippen LogP) is 3.20. The van der Waals surface area contributed by atoms with Crippen LogP contribution in [0.3, 0.4) is 0 Å². The number of ether oxygens (including phenoxy) is 1. The van der Waals surface area contributed by atoms with E-state index in [9.17, 15) is 9.90 Å². The monoisotopic (exact) mass is 376 g/mol. The van der Waals surface area contributed by atoms with E-state index in [2.05, 4.69) is 6.58 Å². The van der Waals surface area contributed by atoms with E-state index in [0.717, 1.165) is 29.6 Å². The number of carbonyl (C=O) groups excluding carboxylic acids is 1. The Morgan fingerprint density at radius 2 is 2.00 bits per heavy atom. The molecule has 0 spiro atoms. The highest BCUT2D eigenvalue weighted by Crippen LogP contribution is 2.59. The molecule has 0 amide bonds. The first-order valence-electron chi connectivity index (χ1n) is 6.87. The van der Waals surface area contributed by atoms with Gasteiger partial charge in [-0.3, -0.25) is 0 Å². The van der Waals surface area contributed by atoms with E-state index in [1.807, 2.05) is 12.1 Å². The minimum absolute atomic E-state index is 0.00316. The fourth-order valence-electron chi connectivity index (χ4n) is 1.79. The van der Waals surface area contributed by atoms with Crippen molar-refractivity contribution in [3.63, 3.8) is 0 Å². The number of fused-ring (bicyclic) bond motifs is 1. The summed E-state index contributed by atoms with van der Waals surface area (Å²) in [7, 11) is 0. The molecule has 7 nitrogen and oxygen atoms in total. The van der Waals surface area contributed by atoms with Gasteiger partial charge in [0.15, 0.2) is 5.75 Å². The lowest BCUT2D eigenvalue weighted by Gasteiger charge is -2.12. The van der Waals surface area contributed by atoms with Gasteiger partial charge in [-0.15, -0.1) is 0 Å². The van der Waals surface area contributed by atoms with E-state index < -0.39 is 5.97 Å². The molecule has 0 fully saturated rings. The third-order valence-corrected chi connectivity index (χ3v) is 5.51. The third-order valence-electron chi connectivity index (χ3n) is 2.89. The van der Waals surface area contributed by atoms with Crippen molar-refractivity contribution in [3.05, 3.63) is 34.1 Å². The molecule has 0 atom stereocenters. The van der Waals surface area contributed by atoms with E-state index in [1.165, 1.54) is 6.07 Å². The van der Waals surface area contributed by atoms with Gasteiger partial charge in [-0.25, -0.2) is 4.79 Å². The van der Waals surface area contributed by atoms with E-state index in [-0.39, 0.29) is 24.5 Å². The minimum Gasteiger partial charge on any atom is -0.507 e. The average molecular weight is 376 g/mol. The van der Waals surface area contributed by atoms with Crippen LogP contribution in [-0.2, 0) is 14.4 Å². The second kappa shape index (κ2) is 8.49. The van der Waals surface area contributed by atoms with Crippen molar-refractivity contribution in [2.24, 2.45) is 0 Å². The van der Waals surface area contributed by atoms with Crippen molar-refractivity contribution < 1.29 is 24.4 Å². The number of rotatable bonds is 6.